The molecule has 1 heterocycles. The fourth-order valence-corrected chi connectivity index (χ4v) is 1.97. The summed E-state index contributed by atoms with van der Waals surface area (Å²) in [6.45, 7) is 3.03. The van der Waals surface area contributed by atoms with Crippen molar-refractivity contribution in [3.8, 4) is 0 Å². The molecule has 1 fully saturated rings. The van der Waals surface area contributed by atoms with Crippen molar-refractivity contribution in [1.29, 1.82) is 0 Å². The minimum Gasteiger partial charge on any atom is -0.380 e. The highest BCUT2D eigenvalue weighted by Gasteiger charge is 2.13. The van der Waals surface area contributed by atoms with Gasteiger partial charge in [-0.2, -0.15) is 0 Å². The predicted molar refractivity (Wildman–Crippen MR) is 65.2 cm³/mol. The van der Waals surface area contributed by atoms with Crippen LogP contribution in [0.4, 0.5) is 10.1 Å². The minimum absolute atomic E-state index is 0.104. The van der Waals surface area contributed by atoms with Gasteiger partial charge in [0.1, 0.15) is 5.82 Å². The third-order valence-corrected chi connectivity index (χ3v) is 2.95. The molecule has 2 rings (SSSR count). The summed E-state index contributed by atoms with van der Waals surface area (Å²) in [5.74, 6) is -0.244. The summed E-state index contributed by atoms with van der Waals surface area (Å²) in [5, 5.41) is 6.28. The van der Waals surface area contributed by atoms with Crippen molar-refractivity contribution < 1.29 is 9.13 Å². The van der Waals surface area contributed by atoms with Gasteiger partial charge in [-0.3, -0.25) is 0 Å². The van der Waals surface area contributed by atoms with E-state index in [1.165, 1.54) is 6.07 Å². The Hall–Kier alpha value is -0.650. The van der Waals surface area contributed by atoms with Crippen LogP contribution in [0.2, 0.25) is 0 Å². The minimum atomic E-state index is -0.244. The molecule has 2 N–H and O–H groups in total. The van der Waals surface area contributed by atoms with Gasteiger partial charge in [0, 0.05) is 24.1 Å². The molecule has 0 amide bonds. The Bertz CT molecular complexity index is 356. The Morgan fingerprint density at radius 2 is 2.44 bits per heavy atom. The number of morpholine rings is 1. The number of halogens is 2. The highest BCUT2D eigenvalue weighted by molar-refractivity contribution is 9.10. The van der Waals surface area contributed by atoms with Crippen LogP contribution in [-0.2, 0) is 4.74 Å². The first-order valence-electron chi connectivity index (χ1n) is 5.27. The van der Waals surface area contributed by atoms with Gasteiger partial charge in [0.15, 0.2) is 0 Å². The predicted octanol–water partition coefficient (Wildman–Crippen LogP) is 1.99. The second kappa shape index (κ2) is 5.61. The topological polar surface area (TPSA) is 33.3 Å². The van der Waals surface area contributed by atoms with E-state index in [0.29, 0.717) is 18.8 Å². The Kier molecular flexibility index (Phi) is 4.15. The monoisotopic (exact) mass is 288 g/mol. The van der Waals surface area contributed by atoms with Crippen LogP contribution >= 0.6 is 15.9 Å². The molecule has 0 aromatic heterocycles. The number of ether oxygens (including phenoxy) is 1. The first-order valence-corrected chi connectivity index (χ1v) is 6.06. The van der Waals surface area contributed by atoms with Gasteiger partial charge >= 0.3 is 0 Å². The molecule has 1 unspecified atom stereocenters. The maximum absolute atomic E-state index is 13.4. The lowest BCUT2D eigenvalue weighted by atomic mass is 10.2. The normalized spacial score (nSPS) is 20.8. The molecule has 5 heteroatoms. The zero-order valence-electron chi connectivity index (χ0n) is 8.80. The van der Waals surface area contributed by atoms with E-state index in [-0.39, 0.29) is 11.9 Å². The molecule has 1 saturated heterocycles. The lowest BCUT2D eigenvalue weighted by Gasteiger charge is -2.24. The molecule has 1 aliphatic heterocycles. The van der Waals surface area contributed by atoms with Crippen LogP contribution in [0.25, 0.3) is 0 Å². The molecule has 1 aromatic rings. The number of benzene rings is 1. The number of hydrogen-bond donors (Lipinski definition) is 2. The van der Waals surface area contributed by atoms with Gasteiger partial charge in [-0.05, 0) is 18.2 Å². The number of rotatable bonds is 3. The Morgan fingerprint density at radius 1 is 1.56 bits per heavy atom. The van der Waals surface area contributed by atoms with E-state index in [1.54, 1.807) is 12.1 Å². The van der Waals surface area contributed by atoms with Gasteiger partial charge < -0.3 is 15.4 Å². The third-order valence-electron chi connectivity index (χ3n) is 2.45. The quantitative estimate of drug-likeness (QED) is 0.893. The summed E-state index contributed by atoms with van der Waals surface area (Å²) in [4.78, 5) is 0. The van der Waals surface area contributed by atoms with Crippen molar-refractivity contribution in [1.82, 2.24) is 5.32 Å². The molecular weight excluding hydrogens is 275 g/mol. The third kappa shape index (κ3) is 3.17. The maximum atomic E-state index is 13.4. The lowest BCUT2D eigenvalue weighted by molar-refractivity contribution is 0.0372. The molecule has 1 atom stereocenters. The fraction of sp³-hybridized carbons (Fsp3) is 0.455. The highest BCUT2D eigenvalue weighted by atomic mass is 79.9. The molecule has 88 valence electrons. The average molecular weight is 289 g/mol. The van der Waals surface area contributed by atoms with E-state index in [1.807, 2.05) is 0 Å². The lowest BCUT2D eigenvalue weighted by Crippen LogP contribution is -2.42. The van der Waals surface area contributed by atoms with Crippen LogP contribution in [0.15, 0.2) is 22.7 Å². The smallest absolute Gasteiger partial charge is 0.146 e. The first-order chi connectivity index (χ1) is 7.75. The standard InChI is InChI=1S/C11H14BrFN2O/c12-8-1-2-10(13)11(5-8)15-7-9-6-14-3-4-16-9/h1-2,5,9,14-15H,3-4,6-7H2. The molecule has 0 radical (unpaired) electrons. The van der Waals surface area contributed by atoms with Crippen molar-refractivity contribution in [2.45, 2.75) is 6.10 Å². The van der Waals surface area contributed by atoms with Gasteiger partial charge in [-0.1, -0.05) is 15.9 Å². The van der Waals surface area contributed by atoms with Gasteiger partial charge in [0.25, 0.3) is 0 Å². The van der Waals surface area contributed by atoms with Crippen molar-refractivity contribution >= 4 is 21.6 Å². The zero-order valence-corrected chi connectivity index (χ0v) is 10.4. The second-order valence-electron chi connectivity index (χ2n) is 3.70. The summed E-state index contributed by atoms with van der Waals surface area (Å²) in [5.41, 5.74) is 0.503. The molecule has 1 aliphatic rings. The highest BCUT2D eigenvalue weighted by Crippen LogP contribution is 2.20. The van der Waals surface area contributed by atoms with Gasteiger partial charge in [-0.25, -0.2) is 4.39 Å². The van der Waals surface area contributed by atoms with E-state index in [4.69, 9.17) is 4.74 Å². The Morgan fingerprint density at radius 3 is 3.19 bits per heavy atom. The molecule has 0 spiro atoms. The Labute approximate surface area is 102 Å². The number of nitrogens with one attached hydrogen (secondary N) is 2. The van der Waals surface area contributed by atoms with E-state index in [9.17, 15) is 4.39 Å². The average Bonchev–Trinajstić information content (AvgIpc) is 2.32. The number of anilines is 1. The molecule has 3 nitrogen and oxygen atoms in total. The SMILES string of the molecule is Fc1ccc(Br)cc1NCC1CNCCO1. The van der Waals surface area contributed by atoms with Gasteiger partial charge in [0.05, 0.1) is 18.4 Å². The number of hydrogen-bond acceptors (Lipinski definition) is 3. The largest absolute Gasteiger partial charge is 0.380 e. The molecule has 1 aromatic carbocycles. The van der Waals surface area contributed by atoms with Crippen LogP contribution in [0, 0.1) is 5.82 Å². The summed E-state index contributed by atoms with van der Waals surface area (Å²) >= 11 is 3.31. The van der Waals surface area contributed by atoms with Gasteiger partial charge in [0.2, 0.25) is 0 Å². The summed E-state index contributed by atoms with van der Waals surface area (Å²) < 4.78 is 19.8. The van der Waals surface area contributed by atoms with Crippen LogP contribution in [0.1, 0.15) is 0 Å². The fourth-order valence-electron chi connectivity index (χ4n) is 1.61. The van der Waals surface area contributed by atoms with E-state index in [2.05, 4.69) is 26.6 Å². The summed E-state index contributed by atoms with van der Waals surface area (Å²) in [6.07, 6.45) is 0.104. The van der Waals surface area contributed by atoms with Crippen LogP contribution < -0.4 is 10.6 Å². The van der Waals surface area contributed by atoms with Crippen molar-refractivity contribution in [3.63, 3.8) is 0 Å². The van der Waals surface area contributed by atoms with Crippen molar-refractivity contribution in [3.05, 3.63) is 28.5 Å². The van der Waals surface area contributed by atoms with Crippen LogP contribution in [0.5, 0.6) is 0 Å². The van der Waals surface area contributed by atoms with E-state index < -0.39 is 0 Å². The summed E-state index contributed by atoms with van der Waals surface area (Å²) in [6, 6.07) is 4.84. The van der Waals surface area contributed by atoms with Crippen molar-refractivity contribution in [2.24, 2.45) is 0 Å². The summed E-state index contributed by atoms with van der Waals surface area (Å²) in [7, 11) is 0. The first kappa shape index (κ1) is 11.8. The van der Waals surface area contributed by atoms with E-state index >= 15 is 0 Å². The molecule has 0 saturated carbocycles. The van der Waals surface area contributed by atoms with Crippen LogP contribution in [0.3, 0.4) is 0 Å². The Balaban J connectivity index is 1.90. The zero-order chi connectivity index (χ0) is 11.4. The van der Waals surface area contributed by atoms with Crippen molar-refractivity contribution in [2.75, 3.05) is 31.6 Å². The van der Waals surface area contributed by atoms with Crippen LogP contribution in [-0.4, -0.2) is 32.3 Å². The van der Waals surface area contributed by atoms with E-state index in [0.717, 1.165) is 17.6 Å². The molecule has 0 aliphatic carbocycles. The second-order valence-corrected chi connectivity index (χ2v) is 4.62. The molecule has 0 bridgehead atoms. The maximum Gasteiger partial charge on any atom is 0.146 e. The van der Waals surface area contributed by atoms with Gasteiger partial charge in [-0.15, -0.1) is 0 Å². The molecule has 16 heavy (non-hydrogen) atoms. The molecular formula is C11H14BrFN2O.